The van der Waals surface area contributed by atoms with Crippen LogP contribution < -0.4 is 9.47 Å². The molecule has 3 heterocycles. The van der Waals surface area contributed by atoms with Gasteiger partial charge in [0.25, 0.3) is 5.91 Å². The molecule has 7 heteroatoms. The number of benzene rings is 2. The van der Waals surface area contributed by atoms with Crippen LogP contribution in [0.2, 0.25) is 0 Å². The minimum Gasteiger partial charge on any atom is -0.454 e. The molecule has 0 fully saturated rings. The quantitative estimate of drug-likeness (QED) is 0.716. The Kier molecular flexibility index (Phi) is 3.60. The molecule has 27 heavy (non-hydrogen) atoms. The molecule has 0 unspecified atom stereocenters. The van der Waals surface area contributed by atoms with Gasteiger partial charge in [-0.05, 0) is 35.9 Å². The SMILES string of the molecule is O=C(c1ccc2c(c1)OCO2)N1Cc2cnn(Cc3ccc(F)cc3)c2C1. The molecule has 2 aliphatic heterocycles. The maximum absolute atomic E-state index is 13.1. The minimum atomic E-state index is -0.259. The highest BCUT2D eigenvalue weighted by molar-refractivity contribution is 5.95. The number of rotatable bonds is 3. The molecule has 0 radical (unpaired) electrons. The summed E-state index contributed by atoms with van der Waals surface area (Å²) in [5.41, 5.74) is 3.57. The monoisotopic (exact) mass is 365 g/mol. The molecule has 0 bridgehead atoms. The maximum atomic E-state index is 13.1. The van der Waals surface area contributed by atoms with Crippen LogP contribution in [0.3, 0.4) is 0 Å². The zero-order valence-electron chi connectivity index (χ0n) is 14.4. The molecule has 0 atom stereocenters. The van der Waals surface area contributed by atoms with Gasteiger partial charge in [0.2, 0.25) is 6.79 Å². The Balaban J connectivity index is 1.34. The second kappa shape index (κ2) is 6.12. The Bertz CT molecular complexity index is 1030. The molecule has 0 aliphatic carbocycles. The van der Waals surface area contributed by atoms with E-state index in [4.69, 9.17) is 9.47 Å². The van der Waals surface area contributed by atoms with Crippen molar-refractivity contribution in [2.45, 2.75) is 19.6 Å². The van der Waals surface area contributed by atoms with Crippen LogP contribution in [0.1, 0.15) is 27.2 Å². The van der Waals surface area contributed by atoms with Gasteiger partial charge in [0.05, 0.1) is 25.0 Å². The first-order valence-electron chi connectivity index (χ1n) is 8.64. The first-order chi connectivity index (χ1) is 13.2. The van der Waals surface area contributed by atoms with E-state index in [0.717, 1.165) is 16.8 Å². The van der Waals surface area contributed by atoms with Gasteiger partial charge >= 0.3 is 0 Å². The number of carbonyl (C=O) groups is 1. The summed E-state index contributed by atoms with van der Waals surface area (Å²) in [7, 11) is 0. The number of nitrogens with zero attached hydrogens (tertiary/aromatic N) is 3. The van der Waals surface area contributed by atoms with E-state index < -0.39 is 0 Å². The number of amides is 1. The van der Waals surface area contributed by atoms with Crippen molar-refractivity contribution >= 4 is 5.91 Å². The number of carbonyl (C=O) groups excluding carboxylic acids is 1. The molecule has 6 nitrogen and oxygen atoms in total. The van der Waals surface area contributed by atoms with Crippen molar-refractivity contribution in [2.75, 3.05) is 6.79 Å². The van der Waals surface area contributed by atoms with Crippen LogP contribution in [0.15, 0.2) is 48.7 Å². The molecule has 1 aromatic heterocycles. The van der Waals surface area contributed by atoms with Gasteiger partial charge in [-0.2, -0.15) is 5.10 Å². The van der Waals surface area contributed by atoms with E-state index in [0.29, 0.717) is 36.7 Å². The number of fused-ring (bicyclic) bond motifs is 2. The molecule has 0 saturated carbocycles. The Hall–Kier alpha value is -3.35. The number of ether oxygens (including phenoxy) is 2. The highest BCUT2D eigenvalue weighted by atomic mass is 19.1. The van der Waals surface area contributed by atoms with E-state index in [2.05, 4.69) is 5.10 Å². The van der Waals surface area contributed by atoms with Crippen molar-refractivity contribution < 1.29 is 18.7 Å². The molecule has 1 amide bonds. The topological polar surface area (TPSA) is 56.6 Å². The van der Waals surface area contributed by atoms with Crippen LogP contribution >= 0.6 is 0 Å². The van der Waals surface area contributed by atoms with Gasteiger partial charge in [0.1, 0.15) is 5.82 Å². The minimum absolute atomic E-state index is 0.0576. The fraction of sp³-hybridized carbons (Fsp3) is 0.200. The zero-order valence-corrected chi connectivity index (χ0v) is 14.4. The Morgan fingerprint density at radius 1 is 1.07 bits per heavy atom. The molecular weight excluding hydrogens is 349 g/mol. The lowest BCUT2D eigenvalue weighted by Gasteiger charge is -2.16. The third-order valence-corrected chi connectivity index (χ3v) is 4.89. The van der Waals surface area contributed by atoms with Crippen molar-refractivity contribution in [3.05, 3.63) is 76.9 Å². The molecule has 136 valence electrons. The van der Waals surface area contributed by atoms with Crippen molar-refractivity contribution in [3.63, 3.8) is 0 Å². The molecule has 0 N–H and O–H groups in total. The van der Waals surface area contributed by atoms with Crippen LogP contribution in [0.4, 0.5) is 4.39 Å². The van der Waals surface area contributed by atoms with Crippen molar-refractivity contribution in [2.24, 2.45) is 0 Å². The van der Waals surface area contributed by atoms with E-state index in [1.54, 1.807) is 41.4 Å². The summed E-state index contributed by atoms with van der Waals surface area (Å²) in [4.78, 5) is 14.7. The van der Waals surface area contributed by atoms with E-state index in [1.165, 1.54) is 12.1 Å². The average molecular weight is 365 g/mol. The number of halogens is 1. The number of aromatic nitrogens is 2. The van der Waals surface area contributed by atoms with Gasteiger partial charge in [-0.15, -0.1) is 0 Å². The molecule has 2 aromatic carbocycles. The fourth-order valence-corrected chi connectivity index (χ4v) is 3.46. The Morgan fingerprint density at radius 2 is 1.89 bits per heavy atom. The average Bonchev–Trinajstić information content (AvgIpc) is 3.39. The summed E-state index contributed by atoms with van der Waals surface area (Å²) < 4.78 is 25.6. The van der Waals surface area contributed by atoms with E-state index >= 15 is 0 Å². The number of hydrogen-bond donors (Lipinski definition) is 0. The first-order valence-corrected chi connectivity index (χ1v) is 8.64. The zero-order chi connectivity index (χ0) is 18.4. The molecule has 0 saturated heterocycles. The smallest absolute Gasteiger partial charge is 0.254 e. The van der Waals surface area contributed by atoms with E-state index in [-0.39, 0.29) is 18.5 Å². The van der Waals surface area contributed by atoms with Gasteiger partial charge < -0.3 is 14.4 Å². The second-order valence-corrected chi connectivity index (χ2v) is 6.63. The molecule has 3 aromatic rings. The predicted octanol–water partition coefficient (Wildman–Crippen LogP) is 2.96. The van der Waals surface area contributed by atoms with Gasteiger partial charge in [-0.1, -0.05) is 12.1 Å². The highest BCUT2D eigenvalue weighted by Gasteiger charge is 2.28. The van der Waals surface area contributed by atoms with Crippen LogP contribution in [0.5, 0.6) is 11.5 Å². The Labute approximate surface area is 154 Å². The van der Waals surface area contributed by atoms with Crippen LogP contribution in [-0.2, 0) is 19.6 Å². The van der Waals surface area contributed by atoms with Crippen molar-refractivity contribution in [1.82, 2.24) is 14.7 Å². The third kappa shape index (κ3) is 2.81. The summed E-state index contributed by atoms with van der Waals surface area (Å²) in [5.74, 6) is 0.939. The number of hydrogen-bond acceptors (Lipinski definition) is 4. The molecule has 5 rings (SSSR count). The summed E-state index contributed by atoms with van der Waals surface area (Å²) in [6.07, 6.45) is 1.80. The van der Waals surface area contributed by atoms with Crippen molar-refractivity contribution in [3.8, 4) is 11.5 Å². The van der Waals surface area contributed by atoms with Gasteiger partial charge in [-0.25, -0.2) is 4.39 Å². The normalized spacial score (nSPS) is 14.5. The Morgan fingerprint density at radius 3 is 2.74 bits per heavy atom. The summed E-state index contributed by atoms with van der Waals surface area (Å²) in [6, 6.07) is 11.6. The fourth-order valence-electron chi connectivity index (χ4n) is 3.46. The second-order valence-electron chi connectivity index (χ2n) is 6.63. The van der Waals surface area contributed by atoms with Crippen LogP contribution in [0, 0.1) is 5.82 Å². The largest absolute Gasteiger partial charge is 0.454 e. The molecular formula is C20H16FN3O3. The van der Waals surface area contributed by atoms with Crippen LogP contribution in [0.25, 0.3) is 0 Å². The van der Waals surface area contributed by atoms with E-state index in [1.807, 2.05) is 4.68 Å². The highest BCUT2D eigenvalue weighted by Crippen LogP contribution is 2.33. The molecule has 2 aliphatic rings. The lowest BCUT2D eigenvalue weighted by molar-refractivity contribution is 0.0747. The van der Waals surface area contributed by atoms with Gasteiger partial charge in [0.15, 0.2) is 11.5 Å². The summed E-state index contributed by atoms with van der Waals surface area (Å²) in [5, 5.41) is 4.42. The van der Waals surface area contributed by atoms with Crippen LogP contribution in [-0.4, -0.2) is 27.4 Å². The molecule has 0 spiro atoms. The third-order valence-electron chi connectivity index (χ3n) is 4.89. The standard InChI is InChI=1S/C20H16FN3O3/c21-16-4-1-13(2-5-16)9-24-17-11-23(10-15(17)8-22-24)20(25)14-3-6-18-19(7-14)27-12-26-18/h1-8H,9-12H2. The summed E-state index contributed by atoms with van der Waals surface area (Å²) in [6.45, 7) is 1.73. The predicted molar refractivity (Wildman–Crippen MR) is 93.9 cm³/mol. The lowest BCUT2D eigenvalue weighted by atomic mass is 10.2. The lowest BCUT2D eigenvalue weighted by Crippen LogP contribution is -2.26. The van der Waals surface area contributed by atoms with E-state index in [9.17, 15) is 9.18 Å². The first kappa shape index (κ1) is 15.9. The van der Waals surface area contributed by atoms with Gasteiger partial charge in [-0.3, -0.25) is 9.48 Å². The summed E-state index contributed by atoms with van der Waals surface area (Å²) >= 11 is 0. The maximum Gasteiger partial charge on any atom is 0.254 e. The van der Waals surface area contributed by atoms with Crippen molar-refractivity contribution in [1.29, 1.82) is 0 Å². The van der Waals surface area contributed by atoms with Gasteiger partial charge in [0, 0.05) is 17.7 Å².